The number of hydrogen-bond donors (Lipinski definition) is 0. The third-order valence-electron chi connectivity index (χ3n) is 5.08. The summed E-state index contributed by atoms with van der Waals surface area (Å²) in [5.74, 6) is -0.0402. The number of amides is 1. The minimum absolute atomic E-state index is 0.0402. The molecule has 2 aromatic carbocycles. The van der Waals surface area contributed by atoms with Gasteiger partial charge < -0.3 is 13.9 Å². The molecule has 1 fully saturated rings. The molecule has 1 unspecified atom stereocenters. The molecule has 6 heteroatoms. The van der Waals surface area contributed by atoms with E-state index in [1.165, 1.54) is 0 Å². The maximum atomic E-state index is 13.8. The average Bonchev–Trinajstić information content (AvgIpc) is 2.73. The number of carbonyl (C=O) groups is 1. The zero-order valence-corrected chi connectivity index (χ0v) is 17.9. The summed E-state index contributed by atoms with van der Waals surface area (Å²) in [4.78, 5) is 14.3. The van der Waals surface area contributed by atoms with Crippen LogP contribution < -0.4 is 0 Å². The van der Waals surface area contributed by atoms with Gasteiger partial charge in [0.05, 0.1) is 19.6 Å². The highest BCUT2D eigenvalue weighted by Gasteiger charge is 2.63. The van der Waals surface area contributed by atoms with Crippen molar-refractivity contribution in [2.24, 2.45) is 0 Å². The maximum Gasteiger partial charge on any atom is 0.356 e. The number of carbonyl (C=O) groups excluding carboxylic acids is 1. The van der Waals surface area contributed by atoms with E-state index in [9.17, 15) is 9.36 Å². The molecule has 1 atom stereocenters. The molecular weight excluding hydrogens is 385 g/mol. The van der Waals surface area contributed by atoms with E-state index in [0.29, 0.717) is 13.0 Å². The fraction of sp³-hybridized carbons (Fsp3) is 0.348. The van der Waals surface area contributed by atoms with Gasteiger partial charge in [0.25, 0.3) is 0 Å². The Labute approximate surface area is 172 Å². The third kappa shape index (κ3) is 4.53. The zero-order valence-electron chi connectivity index (χ0n) is 17.0. The van der Waals surface area contributed by atoms with Crippen LogP contribution in [-0.2, 0) is 25.0 Å². The molecule has 1 aliphatic heterocycles. The van der Waals surface area contributed by atoms with Crippen LogP contribution in [0.2, 0.25) is 0 Å². The zero-order chi connectivity index (χ0) is 20.7. The lowest BCUT2D eigenvalue weighted by molar-refractivity contribution is -0.152. The molecule has 0 radical (unpaired) electrons. The van der Waals surface area contributed by atoms with Gasteiger partial charge in [-0.1, -0.05) is 72.8 Å². The van der Waals surface area contributed by atoms with Crippen molar-refractivity contribution in [3.05, 3.63) is 77.9 Å². The van der Waals surface area contributed by atoms with E-state index in [4.69, 9.17) is 9.05 Å². The molecule has 2 aromatic rings. The van der Waals surface area contributed by atoms with Gasteiger partial charge >= 0.3 is 7.60 Å². The second kappa shape index (κ2) is 9.53. The Hall–Kier alpha value is -2.20. The quantitative estimate of drug-likeness (QED) is 0.382. The number of benzene rings is 2. The van der Waals surface area contributed by atoms with E-state index in [-0.39, 0.29) is 25.5 Å². The van der Waals surface area contributed by atoms with E-state index >= 15 is 0 Å². The largest absolute Gasteiger partial charge is 0.356 e. The van der Waals surface area contributed by atoms with Gasteiger partial charge in [0.1, 0.15) is 0 Å². The maximum absolute atomic E-state index is 13.8. The second-order valence-electron chi connectivity index (χ2n) is 6.97. The summed E-state index contributed by atoms with van der Waals surface area (Å²) in [5, 5.41) is -0.989. The van der Waals surface area contributed by atoms with Crippen molar-refractivity contribution in [3.8, 4) is 0 Å². The molecule has 5 nitrogen and oxygen atoms in total. The highest BCUT2D eigenvalue weighted by Crippen LogP contribution is 2.68. The molecular formula is C23H28NO4P. The molecule has 1 aliphatic rings. The van der Waals surface area contributed by atoms with Crippen LogP contribution in [0.5, 0.6) is 0 Å². The van der Waals surface area contributed by atoms with Crippen LogP contribution >= 0.6 is 7.60 Å². The van der Waals surface area contributed by atoms with Crippen LogP contribution in [0.4, 0.5) is 0 Å². The Morgan fingerprint density at radius 2 is 1.59 bits per heavy atom. The highest BCUT2D eigenvalue weighted by atomic mass is 31.2. The minimum atomic E-state index is -3.55. The lowest BCUT2D eigenvalue weighted by Gasteiger charge is -2.53. The summed E-state index contributed by atoms with van der Waals surface area (Å²) >= 11 is 0. The number of nitrogens with zero attached hydrogens (tertiary/aromatic N) is 1. The molecule has 0 aromatic heterocycles. The van der Waals surface area contributed by atoms with Crippen LogP contribution in [0.15, 0.2) is 66.7 Å². The van der Waals surface area contributed by atoms with Crippen LogP contribution in [0.25, 0.3) is 6.08 Å². The fourth-order valence-corrected chi connectivity index (χ4v) is 6.05. The summed E-state index contributed by atoms with van der Waals surface area (Å²) in [7, 11) is -3.55. The molecule has 0 N–H and O–H groups in total. The lowest BCUT2D eigenvalue weighted by atomic mass is 9.95. The first-order chi connectivity index (χ1) is 14.0. The average molecular weight is 413 g/mol. The molecule has 3 rings (SSSR count). The van der Waals surface area contributed by atoms with Gasteiger partial charge in [-0.05, 0) is 25.0 Å². The Kier molecular flexibility index (Phi) is 7.07. The predicted molar refractivity (Wildman–Crippen MR) is 115 cm³/mol. The molecule has 1 saturated heterocycles. The second-order valence-corrected chi connectivity index (χ2v) is 9.32. The number of rotatable bonds is 10. The van der Waals surface area contributed by atoms with Crippen molar-refractivity contribution in [3.63, 3.8) is 0 Å². The van der Waals surface area contributed by atoms with Crippen LogP contribution in [0.3, 0.4) is 0 Å². The SMILES string of the molecule is CCOP(=O)(OCC)C1(C/C=C/c2ccccc2)CC(=O)N1Cc1ccccc1. The van der Waals surface area contributed by atoms with Crippen molar-refractivity contribution in [2.45, 2.75) is 38.5 Å². The van der Waals surface area contributed by atoms with Crippen LogP contribution in [0.1, 0.15) is 37.8 Å². The van der Waals surface area contributed by atoms with Gasteiger partial charge in [-0.25, -0.2) is 0 Å². The van der Waals surface area contributed by atoms with Gasteiger partial charge in [-0.3, -0.25) is 9.36 Å². The van der Waals surface area contributed by atoms with E-state index in [1.807, 2.05) is 72.8 Å². The van der Waals surface area contributed by atoms with Crippen molar-refractivity contribution < 1.29 is 18.4 Å². The van der Waals surface area contributed by atoms with Crippen LogP contribution in [0, 0.1) is 0 Å². The molecule has 154 valence electrons. The van der Waals surface area contributed by atoms with Gasteiger partial charge in [0, 0.05) is 13.0 Å². The van der Waals surface area contributed by atoms with Crippen molar-refractivity contribution in [1.29, 1.82) is 0 Å². The Morgan fingerprint density at radius 1 is 1.00 bits per heavy atom. The molecule has 29 heavy (non-hydrogen) atoms. The van der Waals surface area contributed by atoms with Crippen molar-refractivity contribution in [1.82, 2.24) is 4.90 Å². The molecule has 0 spiro atoms. The molecule has 1 heterocycles. The predicted octanol–water partition coefficient (Wildman–Crippen LogP) is 5.48. The van der Waals surface area contributed by atoms with Crippen LogP contribution in [-0.4, -0.2) is 29.3 Å². The smallest absolute Gasteiger partial charge is 0.320 e. The van der Waals surface area contributed by atoms with Gasteiger partial charge in [0.15, 0.2) is 5.28 Å². The Bertz CT molecular complexity index is 874. The first-order valence-electron chi connectivity index (χ1n) is 10.00. The van der Waals surface area contributed by atoms with Gasteiger partial charge in [-0.15, -0.1) is 0 Å². The number of β-lactam (4-membered cyclic amide) rings is 1. The third-order valence-corrected chi connectivity index (χ3v) is 7.88. The summed E-state index contributed by atoms with van der Waals surface area (Å²) in [6, 6.07) is 19.6. The first kappa shape index (κ1) is 21.5. The first-order valence-corrected chi connectivity index (χ1v) is 11.5. The summed E-state index contributed by atoms with van der Waals surface area (Å²) < 4.78 is 25.2. The summed E-state index contributed by atoms with van der Waals surface area (Å²) in [5.41, 5.74) is 2.03. The standard InChI is InChI=1S/C23H28NO4P/c1-3-27-29(26,28-4-2)23(17-11-16-20-12-7-5-8-13-20)18-22(25)24(23)19-21-14-9-6-10-15-21/h5-16H,3-4,17-19H2,1-2H3/b16-11+. The van der Waals surface area contributed by atoms with E-state index < -0.39 is 12.9 Å². The van der Waals surface area contributed by atoms with Gasteiger partial charge in [0.2, 0.25) is 5.91 Å². The Morgan fingerprint density at radius 3 is 2.14 bits per heavy atom. The lowest BCUT2D eigenvalue weighted by Crippen LogP contribution is -2.62. The highest BCUT2D eigenvalue weighted by molar-refractivity contribution is 7.55. The number of likely N-dealkylation sites (tertiary alicyclic amines) is 1. The van der Waals surface area contributed by atoms with Crippen molar-refractivity contribution in [2.75, 3.05) is 13.2 Å². The fourth-order valence-electron chi connectivity index (χ4n) is 3.68. The minimum Gasteiger partial charge on any atom is -0.320 e. The molecule has 0 aliphatic carbocycles. The van der Waals surface area contributed by atoms with Crippen molar-refractivity contribution >= 4 is 19.6 Å². The van der Waals surface area contributed by atoms with Gasteiger partial charge in [-0.2, -0.15) is 0 Å². The Balaban J connectivity index is 1.93. The molecule has 0 saturated carbocycles. The van der Waals surface area contributed by atoms with E-state index in [0.717, 1.165) is 11.1 Å². The molecule has 1 amide bonds. The summed E-state index contributed by atoms with van der Waals surface area (Å²) in [6.45, 7) is 4.48. The topological polar surface area (TPSA) is 55.8 Å². The number of hydrogen-bond acceptors (Lipinski definition) is 4. The monoisotopic (exact) mass is 413 g/mol. The molecule has 0 bridgehead atoms. The normalized spacial score (nSPS) is 19.5. The summed E-state index contributed by atoms with van der Waals surface area (Å²) in [6.07, 6.45) is 4.49. The van der Waals surface area contributed by atoms with E-state index in [2.05, 4.69) is 0 Å². The van der Waals surface area contributed by atoms with E-state index in [1.54, 1.807) is 18.7 Å².